The van der Waals surface area contributed by atoms with Crippen molar-refractivity contribution in [2.75, 3.05) is 5.33 Å². The molecule has 0 N–H and O–H groups in total. The van der Waals surface area contributed by atoms with E-state index in [1.807, 2.05) is 18.2 Å². The van der Waals surface area contributed by atoms with Gasteiger partial charge in [0.1, 0.15) is 0 Å². The molecule has 0 fully saturated rings. The second-order valence-corrected chi connectivity index (χ2v) is 5.53. The van der Waals surface area contributed by atoms with Crippen molar-refractivity contribution in [1.82, 2.24) is 0 Å². The molecule has 1 aromatic carbocycles. The lowest BCUT2D eigenvalue weighted by atomic mass is 9.83. The van der Waals surface area contributed by atoms with Crippen molar-refractivity contribution in [3.63, 3.8) is 0 Å². The molecule has 0 saturated heterocycles. The SMILES string of the molecule is CCC(C)(CBr)Cc1cccc(Cl)c1Cl. The minimum atomic E-state index is 0.244. The van der Waals surface area contributed by atoms with E-state index < -0.39 is 0 Å². The highest BCUT2D eigenvalue weighted by molar-refractivity contribution is 9.09. The van der Waals surface area contributed by atoms with Crippen LogP contribution < -0.4 is 0 Å². The fourth-order valence-electron chi connectivity index (χ4n) is 1.41. The van der Waals surface area contributed by atoms with Crippen molar-refractivity contribution in [3.8, 4) is 0 Å². The first-order chi connectivity index (χ1) is 7.02. The molecule has 0 heterocycles. The fraction of sp³-hybridized carbons (Fsp3) is 0.500. The molecule has 3 heteroatoms. The molecule has 1 rings (SSSR count). The van der Waals surface area contributed by atoms with Crippen LogP contribution in [0.15, 0.2) is 18.2 Å². The lowest BCUT2D eigenvalue weighted by Gasteiger charge is -2.26. The number of hydrogen-bond donors (Lipinski definition) is 0. The van der Waals surface area contributed by atoms with Crippen molar-refractivity contribution in [2.45, 2.75) is 26.7 Å². The van der Waals surface area contributed by atoms with Gasteiger partial charge in [0.05, 0.1) is 10.0 Å². The third kappa shape index (κ3) is 3.37. The predicted octanol–water partition coefficient (Wildman–Crippen LogP) is 5.35. The zero-order valence-corrected chi connectivity index (χ0v) is 12.1. The molecule has 0 spiro atoms. The monoisotopic (exact) mass is 308 g/mol. The Hall–Kier alpha value is 0.280. The number of rotatable bonds is 4. The summed E-state index contributed by atoms with van der Waals surface area (Å²) in [6, 6.07) is 5.82. The lowest BCUT2D eigenvalue weighted by Crippen LogP contribution is -2.20. The van der Waals surface area contributed by atoms with E-state index in [9.17, 15) is 0 Å². The van der Waals surface area contributed by atoms with Gasteiger partial charge < -0.3 is 0 Å². The Labute approximate surface area is 110 Å². The largest absolute Gasteiger partial charge is 0.0922 e. The quantitative estimate of drug-likeness (QED) is 0.658. The van der Waals surface area contributed by atoms with Crippen molar-refractivity contribution in [1.29, 1.82) is 0 Å². The van der Waals surface area contributed by atoms with E-state index in [-0.39, 0.29) is 5.41 Å². The predicted molar refractivity (Wildman–Crippen MR) is 72.4 cm³/mol. The first-order valence-electron chi connectivity index (χ1n) is 5.01. The second kappa shape index (κ2) is 5.56. The summed E-state index contributed by atoms with van der Waals surface area (Å²) in [7, 11) is 0. The van der Waals surface area contributed by atoms with Gasteiger partial charge in [-0.05, 0) is 29.9 Å². The summed E-state index contributed by atoms with van der Waals surface area (Å²) in [4.78, 5) is 0. The van der Waals surface area contributed by atoms with Gasteiger partial charge in [0.2, 0.25) is 0 Å². The maximum atomic E-state index is 6.17. The van der Waals surface area contributed by atoms with Crippen LogP contribution in [0, 0.1) is 5.41 Å². The van der Waals surface area contributed by atoms with Crippen LogP contribution in [-0.2, 0) is 6.42 Å². The van der Waals surface area contributed by atoms with Crippen molar-refractivity contribution >= 4 is 39.1 Å². The van der Waals surface area contributed by atoms with E-state index >= 15 is 0 Å². The maximum absolute atomic E-state index is 6.17. The number of halogens is 3. The summed E-state index contributed by atoms with van der Waals surface area (Å²) < 4.78 is 0. The van der Waals surface area contributed by atoms with E-state index in [0.29, 0.717) is 10.0 Å². The van der Waals surface area contributed by atoms with Gasteiger partial charge in [0, 0.05) is 5.33 Å². The molecule has 0 aliphatic rings. The van der Waals surface area contributed by atoms with Crippen molar-refractivity contribution in [3.05, 3.63) is 33.8 Å². The Bertz CT molecular complexity index is 332. The summed E-state index contributed by atoms with van der Waals surface area (Å²) in [5.74, 6) is 0. The normalized spacial score (nSPS) is 15.0. The number of alkyl halides is 1. The van der Waals surface area contributed by atoms with Gasteiger partial charge in [-0.3, -0.25) is 0 Å². The van der Waals surface area contributed by atoms with Crippen LogP contribution in [0.4, 0.5) is 0 Å². The van der Waals surface area contributed by atoms with Crippen LogP contribution >= 0.6 is 39.1 Å². The second-order valence-electron chi connectivity index (χ2n) is 4.19. The minimum Gasteiger partial charge on any atom is -0.0922 e. The molecule has 0 amide bonds. The molecule has 0 aliphatic carbocycles. The molecule has 0 aliphatic heterocycles. The van der Waals surface area contributed by atoms with E-state index in [1.54, 1.807) is 0 Å². The summed E-state index contributed by atoms with van der Waals surface area (Å²) >= 11 is 15.7. The minimum absolute atomic E-state index is 0.244. The highest BCUT2D eigenvalue weighted by atomic mass is 79.9. The number of benzene rings is 1. The molecule has 0 nitrogen and oxygen atoms in total. The van der Waals surface area contributed by atoms with Gasteiger partial charge >= 0.3 is 0 Å². The van der Waals surface area contributed by atoms with E-state index in [2.05, 4.69) is 29.8 Å². The fourth-order valence-corrected chi connectivity index (χ4v) is 2.39. The van der Waals surface area contributed by atoms with Crippen LogP contribution in [0.1, 0.15) is 25.8 Å². The summed E-state index contributed by atoms with van der Waals surface area (Å²) in [6.45, 7) is 4.44. The summed E-state index contributed by atoms with van der Waals surface area (Å²) in [5.41, 5.74) is 1.38. The van der Waals surface area contributed by atoms with Crippen LogP contribution in [0.25, 0.3) is 0 Å². The Balaban J connectivity index is 2.94. The van der Waals surface area contributed by atoms with Crippen LogP contribution in [0.5, 0.6) is 0 Å². The molecular weight excluding hydrogens is 295 g/mol. The van der Waals surface area contributed by atoms with Gasteiger partial charge in [-0.1, -0.05) is 65.1 Å². The van der Waals surface area contributed by atoms with Gasteiger partial charge in [-0.2, -0.15) is 0 Å². The van der Waals surface area contributed by atoms with Crippen LogP contribution in [-0.4, -0.2) is 5.33 Å². The molecule has 15 heavy (non-hydrogen) atoms. The van der Waals surface area contributed by atoms with E-state index in [4.69, 9.17) is 23.2 Å². The third-order valence-electron chi connectivity index (χ3n) is 2.82. The van der Waals surface area contributed by atoms with Gasteiger partial charge in [-0.25, -0.2) is 0 Å². The Morgan fingerprint density at radius 1 is 1.33 bits per heavy atom. The van der Waals surface area contributed by atoms with Crippen LogP contribution in [0.3, 0.4) is 0 Å². The zero-order valence-electron chi connectivity index (χ0n) is 8.99. The third-order valence-corrected chi connectivity index (χ3v) is 5.04. The summed E-state index contributed by atoms with van der Waals surface area (Å²) in [5, 5.41) is 2.31. The van der Waals surface area contributed by atoms with Gasteiger partial charge in [0.15, 0.2) is 0 Å². The molecule has 84 valence electrons. The molecule has 0 saturated carbocycles. The maximum Gasteiger partial charge on any atom is 0.0624 e. The highest BCUT2D eigenvalue weighted by Crippen LogP contribution is 2.34. The molecule has 0 bridgehead atoms. The average Bonchev–Trinajstić information content (AvgIpc) is 2.25. The molecule has 1 unspecified atom stereocenters. The van der Waals surface area contributed by atoms with Gasteiger partial charge in [-0.15, -0.1) is 0 Å². The average molecular weight is 310 g/mol. The van der Waals surface area contributed by atoms with Crippen molar-refractivity contribution < 1.29 is 0 Å². The standard InChI is InChI=1S/C12H15BrCl2/c1-3-12(2,8-13)7-9-5-4-6-10(14)11(9)15/h4-6H,3,7-8H2,1-2H3. The smallest absolute Gasteiger partial charge is 0.0624 e. The summed E-state index contributed by atoms with van der Waals surface area (Å²) in [6.07, 6.45) is 2.06. The molecule has 0 radical (unpaired) electrons. The van der Waals surface area contributed by atoms with Crippen molar-refractivity contribution in [2.24, 2.45) is 5.41 Å². The van der Waals surface area contributed by atoms with Crippen LogP contribution in [0.2, 0.25) is 10.0 Å². The molecule has 1 aromatic rings. The van der Waals surface area contributed by atoms with E-state index in [1.165, 1.54) is 0 Å². The molecular formula is C12H15BrCl2. The zero-order chi connectivity index (χ0) is 11.5. The van der Waals surface area contributed by atoms with E-state index in [0.717, 1.165) is 23.7 Å². The topological polar surface area (TPSA) is 0 Å². The molecule has 1 atom stereocenters. The number of hydrogen-bond acceptors (Lipinski definition) is 0. The van der Waals surface area contributed by atoms with Gasteiger partial charge in [0.25, 0.3) is 0 Å². The molecule has 0 aromatic heterocycles. The Morgan fingerprint density at radius 2 is 2.00 bits per heavy atom. The first kappa shape index (κ1) is 13.3. The first-order valence-corrected chi connectivity index (χ1v) is 6.89. The highest BCUT2D eigenvalue weighted by Gasteiger charge is 2.22. The Kier molecular flexibility index (Phi) is 4.95. The lowest BCUT2D eigenvalue weighted by molar-refractivity contribution is 0.361. The Morgan fingerprint density at radius 3 is 2.53 bits per heavy atom.